The molecule has 0 aromatic carbocycles. The number of nitrogens with one attached hydrogen (secondary N) is 1. The minimum atomic E-state index is -0.482. The van der Waals surface area contributed by atoms with Crippen molar-refractivity contribution < 1.29 is 14.9 Å². The first-order chi connectivity index (χ1) is 6.72. The summed E-state index contributed by atoms with van der Waals surface area (Å²) in [6.07, 6.45) is 3.85. The zero-order valence-corrected chi connectivity index (χ0v) is 8.83. The first-order valence-corrected chi connectivity index (χ1v) is 5.25. The van der Waals surface area contributed by atoms with Crippen LogP contribution in [0.5, 0.6) is 0 Å². The maximum atomic E-state index is 9.45. The second kappa shape index (κ2) is 5.66. The number of rotatable bonds is 6. The van der Waals surface area contributed by atoms with Gasteiger partial charge in [-0.2, -0.15) is 0 Å². The Balaban J connectivity index is 2.27. The van der Waals surface area contributed by atoms with Gasteiger partial charge in [-0.15, -0.1) is 0 Å². The lowest BCUT2D eigenvalue weighted by Gasteiger charge is -2.29. The summed E-state index contributed by atoms with van der Waals surface area (Å²) in [4.78, 5) is 0. The molecule has 0 radical (unpaired) electrons. The van der Waals surface area contributed by atoms with Crippen LogP contribution in [0, 0.1) is 0 Å². The molecule has 14 heavy (non-hydrogen) atoms. The average Bonchev–Trinajstić information content (AvgIpc) is 2.65. The molecule has 1 saturated carbocycles. The maximum Gasteiger partial charge on any atom is 0.0897 e. The second-order valence-corrected chi connectivity index (χ2v) is 4.14. The molecule has 0 saturated heterocycles. The van der Waals surface area contributed by atoms with Gasteiger partial charge < -0.3 is 20.3 Å². The molecule has 1 atom stereocenters. The number of hydrogen-bond acceptors (Lipinski definition) is 4. The minimum absolute atomic E-state index is 0.144. The van der Waals surface area contributed by atoms with Gasteiger partial charge in [0.1, 0.15) is 0 Å². The van der Waals surface area contributed by atoms with Crippen LogP contribution in [0.4, 0.5) is 0 Å². The van der Waals surface area contributed by atoms with Crippen molar-refractivity contribution in [3.8, 4) is 0 Å². The third kappa shape index (κ3) is 3.20. The summed E-state index contributed by atoms with van der Waals surface area (Å²) < 4.78 is 4.83. The fraction of sp³-hybridized carbons (Fsp3) is 1.00. The molecule has 4 nitrogen and oxygen atoms in total. The van der Waals surface area contributed by atoms with Gasteiger partial charge in [-0.25, -0.2) is 0 Å². The molecule has 0 aromatic heterocycles. The Morgan fingerprint density at radius 3 is 2.57 bits per heavy atom. The molecule has 1 unspecified atom stereocenters. The standard InChI is InChI=1S/C10H21NO3/c1-14-7-9(13)6-11-10(8-12)4-2-3-5-10/h9,11-13H,2-8H2,1H3. The van der Waals surface area contributed by atoms with Crippen LogP contribution in [0.15, 0.2) is 0 Å². The van der Waals surface area contributed by atoms with Gasteiger partial charge in [0.05, 0.1) is 19.3 Å². The summed E-state index contributed by atoms with van der Waals surface area (Å²) in [6, 6.07) is 0. The lowest BCUT2D eigenvalue weighted by atomic mass is 9.99. The Labute approximate surface area is 85.3 Å². The number of ether oxygens (including phenoxy) is 1. The van der Waals surface area contributed by atoms with E-state index in [4.69, 9.17) is 4.74 Å². The first kappa shape index (κ1) is 11.9. The van der Waals surface area contributed by atoms with E-state index in [0.29, 0.717) is 13.2 Å². The van der Waals surface area contributed by atoms with Crippen LogP contribution in [0.3, 0.4) is 0 Å². The lowest BCUT2D eigenvalue weighted by molar-refractivity contribution is 0.0529. The molecular formula is C10H21NO3. The molecule has 0 aliphatic heterocycles. The van der Waals surface area contributed by atoms with Crippen LogP contribution in [0.1, 0.15) is 25.7 Å². The summed E-state index contributed by atoms with van der Waals surface area (Å²) in [7, 11) is 1.57. The van der Waals surface area contributed by atoms with Crippen molar-refractivity contribution in [3.63, 3.8) is 0 Å². The van der Waals surface area contributed by atoms with Crippen LogP contribution in [-0.4, -0.2) is 48.7 Å². The summed E-state index contributed by atoms with van der Waals surface area (Å²) in [5.41, 5.74) is -0.144. The molecule has 84 valence electrons. The van der Waals surface area contributed by atoms with Crippen LogP contribution < -0.4 is 5.32 Å². The Bertz CT molecular complexity index is 157. The number of β-amino-alcohol motifs (C(OH)–C–C–N with tert-alkyl or cyclic N) is 1. The van der Waals surface area contributed by atoms with Crippen molar-refractivity contribution in [1.29, 1.82) is 0 Å². The third-order valence-electron chi connectivity index (χ3n) is 2.94. The van der Waals surface area contributed by atoms with Gasteiger partial charge in [0.2, 0.25) is 0 Å². The summed E-state index contributed by atoms with van der Waals surface area (Å²) >= 11 is 0. The first-order valence-electron chi connectivity index (χ1n) is 5.25. The van der Waals surface area contributed by atoms with Gasteiger partial charge in [-0.3, -0.25) is 0 Å². The molecule has 0 spiro atoms. The molecule has 3 N–H and O–H groups in total. The molecule has 1 fully saturated rings. The van der Waals surface area contributed by atoms with Crippen molar-refractivity contribution >= 4 is 0 Å². The molecule has 0 heterocycles. The molecule has 4 heteroatoms. The van der Waals surface area contributed by atoms with E-state index < -0.39 is 6.10 Å². The van der Waals surface area contributed by atoms with Crippen LogP contribution in [-0.2, 0) is 4.74 Å². The SMILES string of the molecule is COCC(O)CNC1(CO)CCCC1. The van der Waals surface area contributed by atoms with Crippen molar-refractivity contribution in [2.45, 2.75) is 37.3 Å². The van der Waals surface area contributed by atoms with Crippen molar-refractivity contribution in [2.24, 2.45) is 0 Å². The van der Waals surface area contributed by atoms with E-state index in [9.17, 15) is 10.2 Å². The van der Waals surface area contributed by atoms with Gasteiger partial charge >= 0.3 is 0 Å². The normalized spacial score (nSPS) is 22.5. The van der Waals surface area contributed by atoms with Gasteiger partial charge in [-0.05, 0) is 12.8 Å². The summed E-state index contributed by atoms with van der Waals surface area (Å²) in [6.45, 7) is 0.996. The Morgan fingerprint density at radius 1 is 1.43 bits per heavy atom. The molecule has 1 rings (SSSR count). The van der Waals surface area contributed by atoms with E-state index in [2.05, 4.69) is 5.32 Å². The highest BCUT2D eigenvalue weighted by atomic mass is 16.5. The fourth-order valence-corrected chi connectivity index (χ4v) is 2.03. The molecule has 0 aromatic rings. The fourth-order valence-electron chi connectivity index (χ4n) is 2.03. The number of hydrogen-bond donors (Lipinski definition) is 3. The number of methoxy groups -OCH3 is 1. The molecule has 1 aliphatic rings. The zero-order valence-electron chi connectivity index (χ0n) is 8.83. The summed E-state index contributed by atoms with van der Waals surface area (Å²) in [5, 5.41) is 22.0. The highest BCUT2D eigenvalue weighted by molar-refractivity contribution is 4.92. The van der Waals surface area contributed by atoms with E-state index in [1.54, 1.807) is 7.11 Å². The lowest BCUT2D eigenvalue weighted by Crippen LogP contribution is -2.49. The van der Waals surface area contributed by atoms with E-state index >= 15 is 0 Å². The Kier molecular flexibility index (Phi) is 4.81. The average molecular weight is 203 g/mol. The monoisotopic (exact) mass is 203 g/mol. The molecule has 1 aliphatic carbocycles. The minimum Gasteiger partial charge on any atom is -0.394 e. The second-order valence-electron chi connectivity index (χ2n) is 4.14. The predicted octanol–water partition coefficient (Wildman–Crippen LogP) is -0.112. The van der Waals surface area contributed by atoms with Gasteiger partial charge in [0.15, 0.2) is 0 Å². The highest BCUT2D eigenvalue weighted by Gasteiger charge is 2.32. The van der Waals surface area contributed by atoms with Crippen molar-refractivity contribution in [3.05, 3.63) is 0 Å². The van der Waals surface area contributed by atoms with E-state index in [-0.39, 0.29) is 12.1 Å². The number of aliphatic hydroxyl groups excluding tert-OH is 2. The molecule has 0 bridgehead atoms. The Hall–Kier alpha value is -0.160. The topological polar surface area (TPSA) is 61.7 Å². The van der Waals surface area contributed by atoms with E-state index in [1.165, 1.54) is 0 Å². The summed E-state index contributed by atoms with van der Waals surface area (Å²) in [5.74, 6) is 0. The van der Waals surface area contributed by atoms with Gasteiger partial charge in [-0.1, -0.05) is 12.8 Å². The van der Waals surface area contributed by atoms with E-state index in [1.807, 2.05) is 0 Å². The number of aliphatic hydroxyl groups is 2. The quantitative estimate of drug-likeness (QED) is 0.563. The third-order valence-corrected chi connectivity index (χ3v) is 2.94. The van der Waals surface area contributed by atoms with Gasteiger partial charge in [0.25, 0.3) is 0 Å². The van der Waals surface area contributed by atoms with Gasteiger partial charge in [0, 0.05) is 19.2 Å². The maximum absolute atomic E-state index is 9.45. The van der Waals surface area contributed by atoms with Crippen LogP contribution >= 0.6 is 0 Å². The van der Waals surface area contributed by atoms with E-state index in [0.717, 1.165) is 25.7 Å². The highest BCUT2D eigenvalue weighted by Crippen LogP contribution is 2.28. The largest absolute Gasteiger partial charge is 0.394 e. The smallest absolute Gasteiger partial charge is 0.0897 e. The predicted molar refractivity (Wildman–Crippen MR) is 54.2 cm³/mol. The molecule has 0 amide bonds. The zero-order chi connectivity index (χ0) is 10.4. The van der Waals surface area contributed by atoms with Crippen LogP contribution in [0.25, 0.3) is 0 Å². The molecular weight excluding hydrogens is 182 g/mol. The van der Waals surface area contributed by atoms with Crippen molar-refractivity contribution in [1.82, 2.24) is 5.32 Å². The Morgan fingerprint density at radius 2 is 2.07 bits per heavy atom. The van der Waals surface area contributed by atoms with Crippen LogP contribution in [0.2, 0.25) is 0 Å². The van der Waals surface area contributed by atoms with Crippen molar-refractivity contribution in [2.75, 3.05) is 26.9 Å².